The van der Waals surface area contributed by atoms with Gasteiger partial charge in [0.05, 0.1) is 5.56 Å². The zero-order chi connectivity index (χ0) is 11.8. The first-order valence-corrected chi connectivity index (χ1v) is 6.00. The van der Waals surface area contributed by atoms with E-state index in [1.165, 1.54) is 0 Å². The van der Waals surface area contributed by atoms with Crippen LogP contribution in [0.2, 0.25) is 0 Å². The Balaban J connectivity index is 2.22. The topological polar surface area (TPSA) is 38.9 Å². The average Bonchev–Trinajstić information content (AvgIpc) is 2.74. The van der Waals surface area contributed by atoms with Crippen LogP contribution in [-0.4, -0.2) is 9.97 Å². The van der Waals surface area contributed by atoms with Crippen molar-refractivity contribution in [2.24, 2.45) is 0 Å². The molecule has 1 aromatic carbocycles. The molecule has 0 atom stereocenters. The lowest BCUT2D eigenvalue weighted by Gasteiger charge is -1.94. The maximum absolute atomic E-state index is 5.77. The molecule has 0 saturated carbocycles. The maximum atomic E-state index is 5.77. The predicted molar refractivity (Wildman–Crippen MR) is 69.7 cm³/mol. The zero-order valence-corrected chi connectivity index (χ0v) is 10.7. The molecule has 3 nitrogen and oxygen atoms in total. The van der Waals surface area contributed by atoms with Crippen molar-refractivity contribution < 1.29 is 4.42 Å². The Morgan fingerprint density at radius 2 is 2.12 bits per heavy atom. The first-order valence-electron chi connectivity index (χ1n) is 5.21. The molecule has 0 saturated heterocycles. The summed E-state index contributed by atoms with van der Waals surface area (Å²) < 4.78 is 6.68. The summed E-state index contributed by atoms with van der Waals surface area (Å²) in [4.78, 5) is 8.56. The molecular weight excluding hydrogens is 280 g/mol. The fraction of sp³-hybridized carbons (Fsp3) is 0.0769. The molecule has 0 bridgehead atoms. The molecule has 17 heavy (non-hydrogen) atoms. The van der Waals surface area contributed by atoms with Gasteiger partial charge in [0.15, 0.2) is 5.58 Å². The molecule has 3 rings (SSSR count). The molecule has 0 aliphatic rings. The van der Waals surface area contributed by atoms with Crippen LogP contribution in [0.5, 0.6) is 0 Å². The monoisotopic (exact) mass is 288 g/mol. The van der Waals surface area contributed by atoms with Gasteiger partial charge in [0.1, 0.15) is 5.52 Å². The van der Waals surface area contributed by atoms with Crippen LogP contribution in [0, 0.1) is 6.92 Å². The molecule has 2 aromatic heterocycles. The lowest BCUT2D eigenvalue weighted by molar-refractivity contribution is 0.617. The van der Waals surface area contributed by atoms with Crippen LogP contribution in [0.1, 0.15) is 5.56 Å². The number of hydrogen-bond acceptors (Lipinski definition) is 3. The van der Waals surface area contributed by atoms with E-state index in [0.717, 1.165) is 26.7 Å². The number of rotatable bonds is 1. The van der Waals surface area contributed by atoms with Crippen LogP contribution in [0.15, 0.2) is 45.5 Å². The highest BCUT2D eigenvalue weighted by atomic mass is 79.9. The Morgan fingerprint density at radius 3 is 2.88 bits per heavy atom. The molecule has 0 spiro atoms. The van der Waals surface area contributed by atoms with E-state index in [2.05, 4.69) is 25.9 Å². The minimum absolute atomic E-state index is 0.600. The van der Waals surface area contributed by atoms with Crippen molar-refractivity contribution in [3.05, 3.63) is 46.7 Å². The van der Waals surface area contributed by atoms with Crippen molar-refractivity contribution in [3.63, 3.8) is 0 Å². The highest BCUT2D eigenvalue weighted by Gasteiger charge is 2.09. The van der Waals surface area contributed by atoms with Crippen LogP contribution in [0.25, 0.3) is 22.6 Å². The van der Waals surface area contributed by atoms with Gasteiger partial charge in [-0.25, -0.2) is 4.98 Å². The van der Waals surface area contributed by atoms with E-state index in [4.69, 9.17) is 4.42 Å². The molecule has 0 radical (unpaired) electrons. The van der Waals surface area contributed by atoms with Crippen LogP contribution in [0.3, 0.4) is 0 Å². The second kappa shape index (κ2) is 3.96. The lowest BCUT2D eigenvalue weighted by atomic mass is 10.2. The Labute approximate surface area is 107 Å². The molecule has 84 valence electrons. The highest BCUT2D eigenvalue weighted by molar-refractivity contribution is 9.10. The molecule has 0 N–H and O–H groups in total. The van der Waals surface area contributed by atoms with Crippen LogP contribution in [-0.2, 0) is 0 Å². The molecular formula is C13H9BrN2O. The van der Waals surface area contributed by atoms with Crippen molar-refractivity contribution in [1.29, 1.82) is 0 Å². The van der Waals surface area contributed by atoms with Crippen LogP contribution >= 0.6 is 15.9 Å². The van der Waals surface area contributed by atoms with E-state index in [0.29, 0.717) is 5.89 Å². The van der Waals surface area contributed by atoms with Gasteiger partial charge in [-0.05, 0) is 40.5 Å². The van der Waals surface area contributed by atoms with Gasteiger partial charge in [-0.15, -0.1) is 0 Å². The number of para-hydroxylation sites is 1. The number of halogens is 1. The number of oxazole rings is 1. The molecule has 0 aliphatic carbocycles. The van der Waals surface area contributed by atoms with Crippen molar-refractivity contribution in [2.75, 3.05) is 0 Å². The lowest BCUT2D eigenvalue weighted by Crippen LogP contribution is -1.79. The third-order valence-corrected chi connectivity index (χ3v) is 3.00. The predicted octanol–water partition coefficient (Wildman–Crippen LogP) is 3.96. The Bertz CT molecular complexity index is 691. The summed E-state index contributed by atoms with van der Waals surface area (Å²) in [5, 5.41) is 0. The summed E-state index contributed by atoms with van der Waals surface area (Å²) >= 11 is 3.39. The van der Waals surface area contributed by atoms with E-state index in [-0.39, 0.29) is 0 Å². The molecule has 3 aromatic rings. The van der Waals surface area contributed by atoms with Crippen molar-refractivity contribution in [1.82, 2.24) is 9.97 Å². The Morgan fingerprint density at radius 1 is 1.24 bits per heavy atom. The fourth-order valence-electron chi connectivity index (χ4n) is 1.74. The second-order valence-electron chi connectivity index (χ2n) is 3.83. The second-order valence-corrected chi connectivity index (χ2v) is 4.75. The standard InChI is InChI=1S/C13H9BrN2O/c1-8-3-2-4-11-12(8)17-13(16-11)9-5-10(14)7-15-6-9/h2-7H,1H3. The van der Waals surface area contributed by atoms with Gasteiger partial charge >= 0.3 is 0 Å². The minimum Gasteiger partial charge on any atom is -0.436 e. The Kier molecular flexibility index (Phi) is 2.44. The summed E-state index contributed by atoms with van der Waals surface area (Å²) in [5.41, 5.74) is 3.67. The number of aryl methyl sites for hydroxylation is 1. The number of fused-ring (bicyclic) bond motifs is 1. The summed E-state index contributed by atoms with van der Waals surface area (Å²) in [6.45, 7) is 2.01. The molecule has 4 heteroatoms. The van der Waals surface area contributed by atoms with E-state index >= 15 is 0 Å². The van der Waals surface area contributed by atoms with Crippen molar-refractivity contribution in [3.8, 4) is 11.5 Å². The van der Waals surface area contributed by atoms with Gasteiger partial charge < -0.3 is 4.42 Å². The van der Waals surface area contributed by atoms with E-state index in [1.807, 2.05) is 31.2 Å². The van der Waals surface area contributed by atoms with E-state index < -0.39 is 0 Å². The normalized spacial score (nSPS) is 10.9. The molecule has 0 unspecified atom stereocenters. The third kappa shape index (κ3) is 1.85. The number of aromatic nitrogens is 2. The van der Waals surface area contributed by atoms with E-state index in [1.54, 1.807) is 12.4 Å². The third-order valence-electron chi connectivity index (χ3n) is 2.56. The van der Waals surface area contributed by atoms with Gasteiger partial charge in [-0.3, -0.25) is 4.98 Å². The molecule has 0 fully saturated rings. The average molecular weight is 289 g/mol. The minimum atomic E-state index is 0.600. The van der Waals surface area contributed by atoms with Gasteiger partial charge in [0, 0.05) is 16.9 Å². The molecule has 0 aliphatic heterocycles. The quantitative estimate of drug-likeness (QED) is 0.680. The van der Waals surface area contributed by atoms with Gasteiger partial charge in [-0.1, -0.05) is 12.1 Å². The van der Waals surface area contributed by atoms with Crippen LogP contribution < -0.4 is 0 Å². The fourth-order valence-corrected chi connectivity index (χ4v) is 2.10. The van der Waals surface area contributed by atoms with Crippen molar-refractivity contribution in [2.45, 2.75) is 6.92 Å². The highest BCUT2D eigenvalue weighted by Crippen LogP contribution is 2.26. The zero-order valence-electron chi connectivity index (χ0n) is 9.14. The van der Waals surface area contributed by atoms with Gasteiger partial charge in [0.2, 0.25) is 5.89 Å². The number of benzene rings is 1. The molecule has 0 amide bonds. The number of nitrogens with zero attached hydrogens (tertiary/aromatic N) is 2. The summed E-state index contributed by atoms with van der Waals surface area (Å²) in [6, 6.07) is 7.87. The first kappa shape index (κ1) is 10.5. The van der Waals surface area contributed by atoms with Crippen LogP contribution in [0.4, 0.5) is 0 Å². The van der Waals surface area contributed by atoms with Crippen molar-refractivity contribution >= 4 is 27.0 Å². The first-order chi connectivity index (χ1) is 8.24. The van der Waals surface area contributed by atoms with E-state index in [9.17, 15) is 0 Å². The summed E-state index contributed by atoms with van der Waals surface area (Å²) in [6.07, 6.45) is 3.47. The summed E-state index contributed by atoms with van der Waals surface area (Å²) in [5.74, 6) is 0.600. The summed E-state index contributed by atoms with van der Waals surface area (Å²) in [7, 11) is 0. The SMILES string of the molecule is Cc1cccc2nc(-c3cncc(Br)c3)oc12. The Hall–Kier alpha value is -1.68. The molecule has 2 heterocycles. The van der Waals surface area contributed by atoms with Gasteiger partial charge in [0.25, 0.3) is 0 Å². The smallest absolute Gasteiger partial charge is 0.228 e. The number of pyridine rings is 1. The largest absolute Gasteiger partial charge is 0.436 e. The number of hydrogen-bond donors (Lipinski definition) is 0. The maximum Gasteiger partial charge on any atom is 0.228 e. The van der Waals surface area contributed by atoms with Gasteiger partial charge in [-0.2, -0.15) is 0 Å².